The number of carboxylic acid groups (broad SMARTS) is 1. The normalized spacial score (nSPS) is 13.1. The van der Waals surface area contributed by atoms with Gasteiger partial charge in [0.05, 0.1) is 6.33 Å². The molecule has 25 heavy (non-hydrogen) atoms. The van der Waals surface area contributed by atoms with Crippen LogP contribution in [-0.4, -0.2) is 35.1 Å². The number of hydrogen-bond donors (Lipinski definition) is 2. The van der Waals surface area contributed by atoms with Crippen LogP contribution in [0.2, 0.25) is 0 Å². The fraction of sp³-hybridized carbons (Fsp3) is 0.412. The molecule has 0 aliphatic carbocycles. The van der Waals surface area contributed by atoms with Crippen molar-refractivity contribution in [3.63, 3.8) is 0 Å². The number of carboxylic acids is 1. The molecular formula is C17H23N3O4S. The molecule has 1 heterocycles. The van der Waals surface area contributed by atoms with Crippen molar-refractivity contribution >= 4 is 16.0 Å². The lowest BCUT2D eigenvalue weighted by Gasteiger charge is -2.17. The molecule has 0 amide bonds. The maximum atomic E-state index is 12.6. The second-order valence-corrected chi connectivity index (χ2v) is 7.85. The summed E-state index contributed by atoms with van der Waals surface area (Å²) in [6.07, 6.45) is 3.46. The predicted octanol–water partition coefficient (Wildman–Crippen LogP) is 2.22. The van der Waals surface area contributed by atoms with Crippen LogP contribution in [0.1, 0.15) is 38.3 Å². The van der Waals surface area contributed by atoms with Crippen molar-refractivity contribution in [3.05, 3.63) is 48.4 Å². The average Bonchev–Trinajstić information content (AvgIpc) is 3.04. The van der Waals surface area contributed by atoms with Gasteiger partial charge < -0.3 is 9.67 Å². The molecule has 0 saturated heterocycles. The molecule has 2 rings (SSSR count). The van der Waals surface area contributed by atoms with Gasteiger partial charge in [-0.25, -0.2) is 18.1 Å². The highest BCUT2D eigenvalue weighted by molar-refractivity contribution is 7.89. The summed E-state index contributed by atoms with van der Waals surface area (Å²) in [5.41, 5.74) is 0.938. The Balaban J connectivity index is 2.16. The number of imidazole rings is 1. The summed E-state index contributed by atoms with van der Waals surface area (Å²) < 4.78 is 29.5. The molecule has 0 fully saturated rings. The minimum Gasteiger partial charge on any atom is -0.481 e. The minimum absolute atomic E-state index is 0.0606. The third-order valence-corrected chi connectivity index (χ3v) is 5.21. The molecule has 1 aromatic carbocycles. The van der Waals surface area contributed by atoms with E-state index in [1.807, 2.05) is 44.2 Å². The van der Waals surface area contributed by atoms with Crippen LogP contribution in [0.4, 0.5) is 0 Å². The first-order valence-electron chi connectivity index (χ1n) is 8.09. The van der Waals surface area contributed by atoms with Crippen molar-refractivity contribution in [1.29, 1.82) is 0 Å². The van der Waals surface area contributed by atoms with Gasteiger partial charge in [0, 0.05) is 24.7 Å². The zero-order chi connectivity index (χ0) is 18.4. The van der Waals surface area contributed by atoms with E-state index in [0.717, 1.165) is 5.56 Å². The minimum atomic E-state index is -3.82. The van der Waals surface area contributed by atoms with E-state index in [1.54, 1.807) is 4.57 Å². The molecule has 136 valence electrons. The first-order chi connectivity index (χ1) is 11.8. The van der Waals surface area contributed by atoms with E-state index < -0.39 is 22.0 Å². The van der Waals surface area contributed by atoms with Gasteiger partial charge >= 0.3 is 5.97 Å². The molecule has 0 aliphatic rings. The van der Waals surface area contributed by atoms with Crippen LogP contribution in [-0.2, 0) is 21.2 Å². The van der Waals surface area contributed by atoms with Crippen LogP contribution < -0.4 is 4.72 Å². The predicted molar refractivity (Wildman–Crippen MR) is 93.7 cm³/mol. The van der Waals surface area contributed by atoms with Crippen LogP contribution in [0.15, 0.2) is 47.9 Å². The van der Waals surface area contributed by atoms with E-state index in [9.17, 15) is 13.2 Å². The highest BCUT2D eigenvalue weighted by Gasteiger charge is 2.23. The Labute approximate surface area is 147 Å². The number of aromatic nitrogens is 2. The number of aliphatic carboxylic acids is 1. The third-order valence-electron chi connectivity index (χ3n) is 3.80. The first kappa shape index (κ1) is 19.1. The molecule has 0 spiro atoms. The van der Waals surface area contributed by atoms with Crippen molar-refractivity contribution in [2.24, 2.45) is 0 Å². The Morgan fingerprint density at radius 3 is 2.52 bits per heavy atom. The van der Waals surface area contributed by atoms with E-state index in [4.69, 9.17) is 5.11 Å². The second kappa shape index (κ2) is 8.26. The molecule has 0 bridgehead atoms. The van der Waals surface area contributed by atoms with Crippen molar-refractivity contribution in [2.45, 2.75) is 50.2 Å². The SMILES string of the molecule is CC(C)n1cnc(S(=O)(=O)NC(CCC(=O)O)Cc2ccccc2)c1. The Hall–Kier alpha value is -2.19. The Kier molecular flexibility index (Phi) is 6.33. The lowest BCUT2D eigenvalue weighted by Crippen LogP contribution is -2.37. The van der Waals surface area contributed by atoms with Gasteiger partial charge in [0.1, 0.15) is 0 Å². The molecule has 0 aliphatic heterocycles. The Morgan fingerprint density at radius 2 is 1.96 bits per heavy atom. The lowest BCUT2D eigenvalue weighted by atomic mass is 10.0. The Morgan fingerprint density at radius 1 is 1.28 bits per heavy atom. The molecule has 7 nitrogen and oxygen atoms in total. The quantitative estimate of drug-likeness (QED) is 0.709. The van der Waals surface area contributed by atoms with Crippen molar-refractivity contribution < 1.29 is 18.3 Å². The molecule has 1 atom stereocenters. The van der Waals surface area contributed by atoms with Crippen molar-refractivity contribution in [3.8, 4) is 0 Å². The summed E-state index contributed by atoms with van der Waals surface area (Å²) >= 11 is 0. The summed E-state index contributed by atoms with van der Waals surface area (Å²) in [5, 5.41) is 8.85. The van der Waals surface area contributed by atoms with Crippen LogP contribution in [0, 0.1) is 0 Å². The fourth-order valence-electron chi connectivity index (χ4n) is 2.42. The van der Waals surface area contributed by atoms with Gasteiger partial charge in [0.15, 0.2) is 5.03 Å². The fourth-order valence-corrected chi connectivity index (χ4v) is 3.62. The molecule has 2 N–H and O–H groups in total. The molecule has 8 heteroatoms. The maximum absolute atomic E-state index is 12.6. The summed E-state index contributed by atoms with van der Waals surface area (Å²) in [4.78, 5) is 14.8. The number of rotatable bonds is 9. The van der Waals surface area contributed by atoms with Gasteiger partial charge in [-0.3, -0.25) is 4.79 Å². The standard InChI is InChI=1S/C17H23N3O4S/c1-13(2)20-11-16(18-12-20)25(23,24)19-15(8-9-17(21)22)10-14-6-4-3-5-7-14/h3-7,11-13,15,19H,8-10H2,1-2H3,(H,21,22). The van der Waals surface area contributed by atoms with Gasteiger partial charge in [-0.2, -0.15) is 0 Å². The largest absolute Gasteiger partial charge is 0.481 e. The molecular weight excluding hydrogens is 342 g/mol. The van der Waals surface area contributed by atoms with Crippen LogP contribution in [0.3, 0.4) is 0 Å². The summed E-state index contributed by atoms with van der Waals surface area (Å²) in [7, 11) is -3.82. The molecule has 0 saturated carbocycles. The third kappa shape index (κ3) is 5.68. The lowest BCUT2D eigenvalue weighted by molar-refractivity contribution is -0.137. The zero-order valence-corrected chi connectivity index (χ0v) is 15.1. The second-order valence-electron chi connectivity index (χ2n) is 6.19. The number of nitrogens with zero attached hydrogens (tertiary/aromatic N) is 2. The Bertz CT molecular complexity index is 800. The number of hydrogen-bond acceptors (Lipinski definition) is 4. The summed E-state index contributed by atoms with van der Waals surface area (Å²) in [6, 6.07) is 8.95. The van der Waals surface area contributed by atoms with E-state index >= 15 is 0 Å². The highest BCUT2D eigenvalue weighted by atomic mass is 32.2. The number of nitrogens with one attached hydrogen (secondary N) is 1. The number of sulfonamides is 1. The van der Waals surface area contributed by atoms with Crippen LogP contribution >= 0.6 is 0 Å². The number of benzene rings is 1. The van der Waals surface area contributed by atoms with Crippen molar-refractivity contribution in [2.75, 3.05) is 0 Å². The molecule has 1 aromatic heterocycles. The van der Waals surface area contributed by atoms with E-state index in [1.165, 1.54) is 12.5 Å². The van der Waals surface area contributed by atoms with Gasteiger partial charge in [-0.1, -0.05) is 30.3 Å². The summed E-state index contributed by atoms with van der Waals surface area (Å²) in [5.74, 6) is -0.957. The number of carbonyl (C=O) groups is 1. The average molecular weight is 365 g/mol. The van der Waals surface area contributed by atoms with Gasteiger partial charge in [0.25, 0.3) is 10.0 Å². The van der Waals surface area contributed by atoms with Gasteiger partial charge in [-0.05, 0) is 32.3 Å². The smallest absolute Gasteiger partial charge is 0.303 e. The zero-order valence-electron chi connectivity index (χ0n) is 14.3. The van der Waals surface area contributed by atoms with E-state index in [2.05, 4.69) is 9.71 Å². The molecule has 0 radical (unpaired) electrons. The summed E-state index contributed by atoms with van der Waals surface area (Å²) in [6.45, 7) is 3.85. The van der Waals surface area contributed by atoms with E-state index in [0.29, 0.717) is 6.42 Å². The van der Waals surface area contributed by atoms with Gasteiger partial charge in [-0.15, -0.1) is 0 Å². The van der Waals surface area contributed by atoms with Crippen molar-refractivity contribution in [1.82, 2.24) is 14.3 Å². The highest BCUT2D eigenvalue weighted by Crippen LogP contribution is 2.14. The topological polar surface area (TPSA) is 101 Å². The van der Waals surface area contributed by atoms with Crippen LogP contribution in [0.5, 0.6) is 0 Å². The van der Waals surface area contributed by atoms with E-state index in [-0.39, 0.29) is 23.9 Å². The van der Waals surface area contributed by atoms with Gasteiger partial charge in [0.2, 0.25) is 0 Å². The van der Waals surface area contributed by atoms with Crippen LogP contribution in [0.25, 0.3) is 0 Å². The maximum Gasteiger partial charge on any atom is 0.303 e. The molecule has 2 aromatic rings. The monoisotopic (exact) mass is 365 g/mol. The molecule has 1 unspecified atom stereocenters. The first-order valence-corrected chi connectivity index (χ1v) is 9.58.